The van der Waals surface area contributed by atoms with Crippen molar-refractivity contribution < 1.29 is 4.39 Å². The van der Waals surface area contributed by atoms with Crippen LogP contribution in [0.15, 0.2) is 40.2 Å². The Hall–Kier alpha value is -2.68. The lowest BCUT2D eigenvalue weighted by molar-refractivity contribution is 0.591. The van der Waals surface area contributed by atoms with Gasteiger partial charge in [0, 0.05) is 25.0 Å². The number of rotatable bonds is 2. The zero-order chi connectivity index (χ0) is 14.0. The Morgan fingerprint density at radius 2 is 2.00 bits per heavy atom. The maximum Gasteiger partial charge on any atom is 0.316 e. The van der Waals surface area contributed by atoms with Crippen molar-refractivity contribution in [2.24, 2.45) is 7.05 Å². The Morgan fingerprint density at radius 1 is 1.26 bits per heavy atom. The van der Waals surface area contributed by atoms with Crippen molar-refractivity contribution in [3.8, 4) is 6.07 Å². The first-order chi connectivity index (χ1) is 9.02. The molecule has 96 valence electrons. The maximum atomic E-state index is 13.6. The van der Waals surface area contributed by atoms with Gasteiger partial charge in [-0.2, -0.15) is 5.26 Å². The second-order valence-corrected chi connectivity index (χ2v) is 4.07. The molecular formula is C13H10FN3O2. The third kappa shape index (κ3) is 2.45. The molecule has 0 saturated heterocycles. The van der Waals surface area contributed by atoms with E-state index in [1.165, 1.54) is 37.6 Å². The van der Waals surface area contributed by atoms with Crippen LogP contribution in [0.25, 0.3) is 0 Å². The molecule has 0 saturated carbocycles. The number of hydrogen-bond acceptors (Lipinski definition) is 3. The van der Waals surface area contributed by atoms with E-state index < -0.39 is 16.9 Å². The quantitative estimate of drug-likeness (QED) is 0.742. The molecule has 0 fully saturated rings. The van der Waals surface area contributed by atoms with Gasteiger partial charge in [0.05, 0.1) is 18.2 Å². The highest BCUT2D eigenvalue weighted by Crippen LogP contribution is 2.10. The first-order valence-corrected chi connectivity index (χ1v) is 5.47. The summed E-state index contributed by atoms with van der Waals surface area (Å²) >= 11 is 0. The second kappa shape index (κ2) is 4.90. The predicted octanol–water partition coefficient (Wildman–Crippen LogP) is 0.606. The molecule has 1 aromatic heterocycles. The topological polar surface area (TPSA) is 67.8 Å². The molecule has 1 aromatic carbocycles. The number of nitrogens with zero attached hydrogens (tertiary/aromatic N) is 3. The second-order valence-electron chi connectivity index (χ2n) is 4.07. The molecule has 2 aromatic rings. The monoisotopic (exact) mass is 259 g/mol. The lowest BCUT2D eigenvalue weighted by Gasteiger charge is -2.07. The number of nitriles is 1. The van der Waals surface area contributed by atoms with E-state index in [1.807, 2.05) is 6.07 Å². The molecule has 0 atom stereocenters. The van der Waals surface area contributed by atoms with Crippen LogP contribution in [0.2, 0.25) is 0 Å². The maximum absolute atomic E-state index is 13.6. The summed E-state index contributed by atoms with van der Waals surface area (Å²) in [6.45, 7) is -0.0870. The van der Waals surface area contributed by atoms with Gasteiger partial charge in [-0.15, -0.1) is 0 Å². The average Bonchev–Trinajstić information content (AvgIpc) is 2.41. The summed E-state index contributed by atoms with van der Waals surface area (Å²) in [5, 5.41) is 8.76. The van der Waals surface area contributed by atoms with E-state index >= 15 is 0 Å². The summed E-state index contributed by atoms with van der Waals surface area (Å²) in [6, 6.07) is 5.78. The minimum atomic E-state index is -0.730. The molecule has 6 heteroatoms. The summed E-state index contributed by atoms with van der Waals surface area (Å²) in [7, 11) is 1.46. The summed E-state index contributed by atoms with van der Waals surface area (Å²) < 4.78 is 15.9. The van der Waals surface area contributed by atoms with Crippen LogP contribution in [0.3, 0.4) is 0 Å². The van der Waals surface area contributed by atoms with Crippen LogP contribution < -0.4 is 11.1 Å². The van der Waals surface area contributed by atoms with Gasteiger partial charge in [-0.05, 0) is 18.2 Å². The Kier molecular flexibility index (Phi) is 3.29. The smallest absolute Gasteiger partial charge is 0.312 e. The summed E-state index contributed by atoms with van der Waals surface area (Å²) in [4.78, 5) is 23.2. The highest BCUT2D eigenvalue weighted by molar-refractivity contribution is 5.33. The summed E-state index contributed by atoms with van der Waals surface area (Å²) in [6.07, 6.45) is 2.83. The highest BCUT2D eigenvalue weighted by Gasteiger charge is 2.08. The fourth-order valence-corrected chi connectivity index (χ4v) is 1.66. The van der Waals surface area contributed by atoms with Gasteiger partial charge in [0.25, 0.3) is 0 Å². The molecule has 19 heavy (non-hydrogen) atoms. The van der Waals surface area contributed by atoms with Crippen molar-refractivity contribution >= 4 is 0 Å². The molecular weight excluding hydrogens is 249 g/mol. The van der Waals surface area contributed by atoms with E-state index in [0.29, 0.717) is 5.56 Å². The zero-order valence-corrected chi connectivity index (χ0v) is 10.1. The van der Waals surface area contributed by atoms with Crippen molar-refractivity contribution in [2.75, 3.05) is 0 Å². The Labute approximate surface area is 107 Å². The Morgan fingerprint density at radius 3 is 2.68 bits per heavy atom. The van der Waals surface area contributed by atoms with Gasteiger partial charge in [0.1, 0.15) is 5.82 Å². The van der Waals surface area contributed by atoms with Crippen molar-refractivity contribution in [1.29, 1.82) is 5.26 Å². The standard InChI is InChI=1S/C13H10FN3O2/c1-16-4-5-17(13(19)12(16)18)8-10-6-9(7-15)2-3-11(10)14/h2-6H,8H2,1H3. The van der Waals surface area contributed by atoms with Gasteiger partial charge in [-0.3, -0.25) is 9.59 Å². The Bertz CT molecular complexity index is 784. The van der Waals surface area contributed by atoms with Gasteiger partial charge in [-0.1, -0.05) is 0 Å². The lowest BCUT2D eigenvalue weighted by Crippen LogP contribution is -2.39. The highest BCUT2D eigenvalue weighted by atomic mass is 19.1. The molecule has 0 N–H and O–H groups in total. The van der Waals surface area contributed by atoms with Gasteiger partial charge in [-0.25, -0.2) is 4.39 Å². The van der Waals surface area contributed by atoms with E-state index in [1.54, 1.807) is 0 Å². The average molecular weight is 259 g/mol. The number of aryl methyl sites for hydroxylation is 1. The molecule has 5 nitrogen and oxygen atoms in total. The number of hydrogen-bond donors (Lipinski definition) is 0. The van der Waals surface area contributed by atoms with E-state index in [2.05, 4.69) is 0 Å². The summed E-state index contributed by atoms with van der Waals surface area (Å²) in [5.74, 6) is -0.522. The molecule has 0 bridgehead atoms. The normalized spacial score (nSPS) is 10.2. The number of aromatic nitrogens is 2. The molecule has 1 heterocycles. The van der Waals surface area contributed by atoms with Gasteiger partial charge in [0.2, 0.25) is 0 Å². The molecule has 0 spiro atoms. The van der Waals surface area contributed by atoms with Crippen molar-refractivity contribution in [2.45, 2.75) is 6.54 Å². The SMILES string of the molecule is Cn1ccn(Cc2cc(C#N)ccc2F)c(=O)c1=O. The minimum absolute atomic E-state index is 0.0870. The third-order valence-corrected chi connectivity index (χ3v) is 2.75. The Balaban J connectivity index is 2.48. The van der Waals surface area contributed by atoms with Crippen LogP contribution in [0.4, 0.5) is 4.39 Å². The zero-order valence-electron chi connectivity index (χ0n) is 10.1. The number of halogens is 1. The van der Waals surface area contributed by atoms with Crippen LogP contribution in [0, 0.1) is 17.1 Å². The van der Waals surface area contributed by atoms with E-state index in [9.17, 15) is 14.0 Å². The molecule has 0 unspecified atom stereocenters. The molecule has 0 aliphatic carbocycles. The minimum Gasteiger partial charge on any atom is -0.312 e. The fraction of sp³-hybridized carbons (Fsp3) is 0.154. The molecule has 2 rings (SSSR count). The fourth-order valence-electron chi connectivity index (χ4n) is 1.66. The first kappa shape index (κ1) is 12.8. The first-order valence-electron chi connectivity index (χ1n) is 5.47. The van der Waals surface area contributed by atoms with Crippen molar-refractivity contribution in [3.05, 3.63) is 68.2 Å². The third-order valence-electron chi connectivity index (χ3n) is 2.75. The van der Waals surface area contributed by atoms with E-state index in [-0.39, 0.29) is 12.1 Å². The molecule has 0 radical (unpaired) electrons. The lowest BCUT2D eigenvalue weighted by atomic mass is 10.1. The van der Waals surface area contributed by atoms with Crippen LogP contribution in [0.5, 0.6) is 0 Å². The summed E-state index contributed by atoms with van der Waals surface area (Å²) in [5.41, 5.74) is -0.922. The molecule has 0 aliphatic heterocycles. The van der Waals surface area contributed by atoms with Crippen LogP contribution in [0.1, 0.15) is 11.1 Å². The van der Waals surface area contributed by atoms with Crippen molar-refractivity contribution in [1.82, 2.24) is 9.13 Å². The van der Waals surface area contributed by atoms with Gasteiger partial charge >= 0.3 is 11.1 Å². The van der Waals surface area contributed by atoms with Crippen LogP contribution in [-0.4, -0.2) is 9.13 Å². The van der Waals surface area contributed by atoms with E-state index in [0.717, 1.165) is 9.13 Å². The van der Waals surface area contributed by atoms with Crippen molar-refractivity contribution in [3.63, 3.8) is 0 Å². The largest absolute Gasteiger partial charge is 0.316 e. The molecule has 0 amide bonds. The molecule has 0 aliphatic rings. The predicted molar refractivity (Wildman–Crippen MR) is 66.2 cm³/mol. The van der Waals surface area contributed by atoms with Gasteiger partial charge < -0.3 is 9.13 Å². The van der Waals surface area contributed by atoms with Crippen LogP contribution >= 0.6 is 0 Å². The van der Waals surface area contributed by atoms with E-state index in [4.69, 9.17) is 5.26 Å². The number of benzene rings is 1. The van der Waals surface area contributed by atoms with Gasteiger partial charge in [0.15, 0.2) is 0 Å². The van der Waals surface area contributed by atoms with Crippen LogP contribution in [-0.2, 0) is 13.6 Å².